The molecule has 0 aliphatic rings. The maximum Gasteiger partial charge on any atom is 0.387 e. The molecule has 0 saturated heterocycles. The highest BCUT2D eigenvalue weighted by Crippen LogP contribution is 2.25. The van der Waals surface area contributed by atoms with Gasteiger partial charge in [-0.1, -0.05) is 0 Å². The molecule has 0 aromatic heterocycles. The second-order valence-electron chi connectivity index (χ2n) is 2.62. The number of carbonyl (C=O) groups is 1. The summed E-state index contributed by atoms with van der Waals surface area (Å²) in [5, 5.41) is 9.03. The summed E-state index contributed by atoms with van der Waals surface area (Å²) in [5.41, 5.74) is -0.0645. The lowest BCUT2D eigenvalue weighted by atomic mass is 10.1. The second kappa shape index (κ2) is 4.04. The van der Waals surface area contributed by atoms with Crippen LogP contribution in [0.25, 0.3) is 0 Å². The predicted molar refractivity (Wildman–Crippen MR) is 44.7 cm³/mol. The number of phenols is 1. The van der Waals surface area contributed by atoms with E-state index in [1.54, 1.807) is 0 Å². The number of carbonyl (C=O) groups excluding carboxylic acids is 1. The smallest absolute Gasteiger partial charge is 0.387 e. The van der Waals surface area contributed by atoms with Gasteiger partial charge in [-0.3, -0.25) is 4.79 Å². The number of phenolic OH excluding ortho intramolecular Hbond substituents is 1. The summed E-state index contributed by atoms with van der Waals surface area (Å²) in [4.78, 5) is 11.0. The van der Waals surface area contributed by atoms with Gasteiger partial charge in [-0.05, 0) is 25.1 Å². The van der Waals surface area contributed by atoms with Crippen LogP contribution in [0.4, 0.5) is 8.78 Å². The van der Waals surface area contributed by atoms with Crippen LogP contribution < -0.4 is 4.74 Å². The lowest BCUT2D eigenvalue weighted by Crippen LogP contribution is -2.06. The minimum absolute atomic E-state index is 0.0645. The maximum atomic E-state index is 11.9. The maximum absolute atomic E-state index is 11.9. The predicted octanol–water partition coefficient (Wildman–Crippen LogP) is 2.20. The normalized spacial score (nSPS) is 10.3. The lowest BCUT2D eigenvalue weighted by molar-refractivity contribution is -0.0501. The van der Waals surface area contributed by atoms with Gasteiger partial charge < -0.3 is 9.84 Å². The number of hydrogen-bond acceptors (Lipinski definition) is 3. The number of alkyl halides is 2. The molecular weight excluding hydrogens is 194 g/mol. The fourth-order valence-corrected chi connectivity index (χ4v) is 0.992. The van der Waals surface area contributed by atoms with Gasteiger partial charge in [0.2, 0.25) is 0 Å². The molecule has 76 valence electrons. The standard InChI is InChI=1S/C9H8F2O3/c1-5(12)7-4-6(13)2-3-8(7)14-9(10)11/h2-4,9,13H,1H3. The van der Waals surface area contributed by atoms with Gasteiger partial charge in [-0.25, -0.2) is 0 Å². The lowest BCUT2D eigenvalue weighted by Gasteiger charge is -2.08. The van der Waals surface area contributed by atoms with Crippen LogP contribution in [0.3, 0.4) is 0 Å². The first kappa shape index (κ1) is 10.4. The number of ether oxygens (including phenoxy) is 1. The number of hydrogen-bond donors (Lipinski definition) is 1. The number of rotatable bonds is 3. The van der Waals surface area contributed by atoms with Gasteiger partial charge in [0.05, 0.1) is 5.56 Å². The number of aromatic hydroxyl groups is 1. The Morgan fingerprint density at radius 2 is 2.14 bits per heavy atom. The molecule has 0 radical (unpaired) electrons. The summed E-state index contributed by atoms with van der Waals surface area (Å²) in [6.07, 6.45) is 0. The summed E-state index contributed by atoms with van der Waals surface area (Å²) < 4.78 is 27.8. The Bertz CT molecular complexity index is 350. The van der Waals surface area contributed by atoms with Crippen LogP contribution in [0.2, 0.25) is 0 Å². The zero-order valence-corrected chi connectivity index (χ0v) is 7.33. The van der Waals surface area contributed by atoms with Crippen LogP contribution in [0.1, 0.15) is 17.3 Å². The summed E-state index contributed by atoms with van der Waals surface area (Å²) in [6.45, 7) is -1.79. The molecule has 1 aromatic carbocycles. The third kappa shape index (κ3) is 2.42. The van der Waals surface area contributed by atoms with Crippen molar-refractivity contribution >= 4 is 5.78 Å². The fraction of sp³-hybridized carbons (Fsp3) is 0.222. The number of halogens is 2. The average Bonchev–Trinajstić information content (AvgIpc) is 2.07. The Labute approximate surface area is 78.9 Å². The molecule has 1 rings (SSSR count). The molecule has 0 atom stereocenters. The van der Waals surface area contributed by atoms with E-state index in [-0.39, 0.29) is 17.1 Å². The second-order valence-corrected chi connectivity index (χ2v) is 2.62. The molecule has 0 spiro atoms. The van der Waals surface area contributed by atoms with Crippen LogP contribution in [-0.4, -0.2) is 17.5 Å². The summed E-state index contributed by atoms with van der Waals surface area (Å²) in [5.74, 6) is -0.848. The average molecular weight is 202 g/mol. The van der Waals surface area contributed by atoms with E-state index in [0.29, 0.717) is 0 Å². The molecule has 14 heavy (non-hydrogen) atoms. The first-order valence-electron chi connectivity index (χ1n) is 3.79. The van der Waals surface area contributed by atoms with Crippen LogP contribution in [0, 0.1) is 0 Å². The molecule has 0 aliphatic heterocycles. The van der Waals surface area contributed by atoms with Gasteiger partial charge in [-0.2, -0.15) is 8.78 Å². The van der Waals surface area contributed by atoms with Gasteiger partial charge in [0, 0.05) is 0 Å². The monoisotopic (exact) mass is 202 g/mol. The van der Waals surface area contributed by atoms with Gasteiger partial charge in [-0.15, -0.1) is 0 Å². The van der Waals surface area contributed by atoms with Crippen molar-refractivity contribution in [1.29, 1.82) is 0 Å². The highest BCUT2D eigenvalue weighted by molar-refractivity contribution is 5.97. The van der Waals surface area contributed by atoms with E-state index >= 15 is 0 Å². The van der Waals surface area contributed by atoms with Crippen LogP contribution in [0.15, 0.2) is 18.2 Å². The molecule has 3 nitrogen and oxygen atoms in total. The van der Waals surface area contributed by atoms with Crippen molar-refractivity contribution < 1.29 is 23.4 Å². The molecule has 1 aromatic rings. The quantitative estimate of drug-likeness (QED) is 0.764. The van der Waals surface area contributed by atoms with Crippen LogP contribution >= 0.6 is 0 Å². The van der Waals surface area contributed by atoms with E-state index in [2.05, 4.69) is 4.74 Å². The minimum atomic E-state index is -2.99. The van der Waals surface area contributed by atoms with Crippen molar-refractivity contribution in [2.24, 2.45) is 0 Å². The van der Waals surface area contributed by atoms with Gasteiger partial charge in [0.15, 0.2) is 5.78 Å². The zero-order valence-electron chi connectivity index (χ0n) is 7.33. The minimum Gasteiger partial charge on any atom is -0.508 e. The van der Waals surface area contributed by atoms with Crippen molar-refractivity contribution in [3.63, 3.8) is 0 Å². The van der Waals surface area contributed by atoms with Crippen LogP contribution in [-0.2, 0) is 0 Å². The summed E-state index contributed by atoms with van der Waals surface area (Å²) >= 11 is 0. The Balaban J connectivity index is 3.08. The number of ketones is 1. The third-order valence-corrected chi connectivity index (χ3v) is 1.56. The Morgan fingerprint density at radius 3 is 2.64 bits per heavy atom. The van der Waals surface area contributed by atoms with E-state index in [1.165, 1.54) is 13.0 Å². The van der Waals surface area contributed by atoms with Crippen molar-refractivity contribution in [2.75, 3.05) is 0 Å². The Hall–Kier alpha value is -1.65. The van der Waals surface area contributed by atoms with Gasteiger partial charge >= 0.3 is 6.61 Å². The van der Waals surface area contributed by atoms with Crippen molar-refractivity contribution in [1.82, 2.24) is 0 Å². The van der Waals surface area contributed by atoms with E-state index in [9.17, 15) is 13.6 Å². The SMILES string of the molecule is CC(=O)c1cc(O)ccc1OC(F)F. The number of Topliss-reactive ketones (excluding diaryl/α,β-unsaturated/α-hetero) is 1. The number of benzene rings is 1. The van der Waals surface area contributed by atoms with Crippen molar-refractivity contribution in [3.05, 3.63) is 23.8 Å². The highest BCUT2D eigenvalue weighted by atomic mass is 19.3. The molecule has 0 amide bonds. The molecule has 0 saturated carbocycles. The van der Waals surface area contributed by atoms with E-state index in [0.717, 1.165) is 12.1 Å². The molecule has 0 aliphatic carbocycles. The van der Waals surface area contributed by atoms with Crippen molar-refractivity contribution in [3.8, 4) is 11.5 Å². The van der Waals surface area contributed by atoms with Gasteiger partial charge in [0.1, 0.15) is 11.5 Å². The molecule has 1 N–H and O–H groups in total. The fourth-order valence-electron chi connectivity index (χ4n) is 0.992. The van der Waals surface area contributed by atoms with E-state index in [1.807, 2.05) is 0 Å². The zero-order chi connectivity index (χ0) is 10.7. The Morgan fingerprint density at radius 1 is 1.50 bits per heavy atom. The van der Waals surface area contributed by atoms with Crippen LogP contribution in [0.5, 0.6) is 11.5 Å². The molecule has 0 unspecified atom stereocenters. The molecular formula is C9H8F2O3. The largest absolute Gasteiger partial charge is 0.508 e. The first-order chi connectivity index (χ1) is 6.50. The summed E-state index contributed by atoms with van der Waals surface area (Å²) in [7, 11) is 0. The molecule has 0 heterocycles. The molecule has 5 heteroatoms. The summed E-state index contributed by atoms with van der Waals surface area (Å²) in [6, 6.07) is 3.38. The van der Waals surface area contributed by atoms with Gasteiger partial charge in [0.25, 0.3) is 0 Å². The molecule has 0 fully saturated rings. The third-order valence-electron chi connectivity index (χ3n) is 1.56. The van der Waals surface area contributed by atoms with E-state index < -0.39 is 12.4 Å². The van der Waals surface area contributed by atoms with E-state index in [4.69, 9.17) is 5.11 Å². The van der Waals surface area contributed by atoms with Crippen molar-refractivity contribution in [2.45, 2.75) is 13.5 Å². The first-order valence-corrected chi connectivity index (χ1v) is 3.79. The molecule has 0 bridgehead atoms. The highest BCUT2D eigenvalue weighted by Gasteiger charge is 2.13. The Kier molecular flexibility index (Phi) is 3.01. The topological polar surface area (TPSA) is 46.5 Å².